The summed E-state index contributed by atoms with van der Waals surface area (Å²) in [7, 11) is 0. The number of thioether (sulfide) groups is 1. The number of carbonyl (C=O) groups excluding carboxylic acids is 2. The van der Waals surface area contributed by atoms with Gasteiger partial charge in [-0.1, -0.05) is 29.5 Å². The lowest BCUT2D eigenvalue weighted by atomic mass is 10.1. The molecule has 0 fully saturated rings. The minimum Gasteiger partial charge on any atom is -0.345 e. The molecule has 0 aliphatic carbocycles. The monoisotopic (exact) mass is 438 g/mol. The third-order valence-electron chi connectivity index (χ3n) is 3.93. The van der Waals surface area contributed by atoms with Gasteiger partial charge in [0.25, 0.3) is 0 Å². The van der Waals surface area contributed by atoms with Crippen LogP contribution in [0.2, 0.25) is 5.02 Å². The van der Waals surface area contributed by atoms with Crippen molar-refractivity contribution in [2.24, 2.45) is 0 Å². The summed E-state index contributed by atoms with van der Waals surface area (Å²) in [6.45, 7) is -0.0414. The molecule has 0 radical (unpaired) electrons. The van der Waals surface area contributed by atoms with E-state index in [2.05, 4.69) is 22.5 Å². The van der Waals surface area contributed by atoms with Crippen molar-refractivity contribution in [3.63, 3.8) is 0 Å². The second kappa shape index (κ2) is 8.80. The molecule has 150 valence electrons. The van der Waals surface area contributed by atoms with Crippen molar-refractivity contribution >= 4 is 40.9 Å². The van der Waals surface area contributed by atoms with E-state index in [0.29, 0.717) is 10.7 Å². The quantitative estimate of drug-likeness (QED) is 0.701. The highest BCUT2D eigenvalue weighted by atomic mass is 35.5. The van der Waals surface area contributed by atoms with E-state index in [1.165, 1.54) is 23.9 Å². The number of nitrogens with one attached hydrogen (secondary N) is 2. The third-order valence-corrected chi connectivity index (χ3v) is 5.44. The van der Waals surface area contributed by atoms with Crippen LogP contribution in [0.3, 0.4) is 0 Å². The van der Waals surface area contributed by atoms with Crippen LogP contribution >= 0.6 is 23.4 Å². The van der Waals surface area contributed by atoms with Crippen molar-refractivity contribution in [2.45, 2.75) is 22.7 Å². The van der Waals surface area contributed by atoms with Crippen molar-refractivity contribution in [2.75, 3.05) is 11.9 Å². The predicted molar refractivity (Wildman–Crippen MR) is 106 cm³/mol. The molecule has 9 heteroatoms. The van der Waals surface area contributed by atoms with Crippen molar-refractivity contribution in [3.8, 4) is 11.8 Å². The molecule has 1 unspecified atom stereocenters. The van der Waals surface area contributed by atoms with E-state index in [1.54, 1.807) is 18.2 Å². The third kappa shape index (κ3) is 5.68. The Morgan fingerprint density at radius 3 is 2.79 bits per heavy atom. The smallest absolute Gasteiger partial charge is 0.345 e. The average Bonchev–Trinajstić information content (AvgIpc) is 2.65. The summed E-state index contributed by atoms with van der Waals surface area (Å²) in [5, 5.41) is 5.17. The van der Waals surface area contributed by atoms with Crippen molar-refractivity contribution in [1.82, 2.24) is 5.32 Å². The number of hydrogen-bond acceptors (Lipinski definition) is 3. The highest BCUT2D eigenvalue weighted by molar-refractivity contribution is 8.01. The maximum absolute atomic E-state index is 12.7. The van der Waals surface area contributed by atoms with E-state index in [0.717, 1.165) is 17.0 Å². The standard InChI is InChI=1S/C20H14ClF3N2O2S/c21-14-6-7-16-15(10-14)26-19(28)17(29-16)11-18(27)25-8-2-4-12-3-1-5-13(9-12)20(22,23)24/h1,3,5-7,9-10,17H,8,11H2,(H,25,27)(H,26,28). The second-order valence-corrected chi connectivity index (χ2v) is 7.78. The fourth-order valence-electron chi connectivity index (χ4n) is 2.56. The van der Waals surface area contributed by atoms with E-state index < -0.39 is 17.0 Å². The summed E-state index contributed by atoms with van der Waals surface area (Å²) in [6, 6.07) is 9.75. The van der Waals surface area contributed by atoms with Crippen molar-refractivity contribution in [3.05, 3.63) is 58.6 Å². The molecule has 2 aromatic carbocycles. The van der Waals surface area contributed by atoms with Gasteiger partial charge in [0.2, 0.25) is 11.8 Å². The molecule has 4 nitrogen and oxygen atoms in total. The van der Waals surface area contributed by atoms with Gasteiger partial charge in [0.1, 0.15) is 0 Å². The lowest BCUT2D eigenvalue weighted by molar-refractivity contribution is -0.137. The molecule has 0 saturated carbocycles. The predicted octanol–water partition coefficient (Wildman–Crippen LogP) is 4.33. The van der Waals surface area contributed by atoms with Gasteiger partial charge in [-0.15, -0.1) is 11.8 Å². The Hall–Kier alpha value is -2.63. The highest BCUT2D eigenvalue weighted by Gasteiger charge is 2.30. The molecule has 0 aromatic heterocycles. The lowest BCUT2D eigenvalue weighted by Gasteiger charge is -2.23. The van der Waals surface area contributed by atoms with Gasteiger partial charge < -0.3 is 10.6 Å². The number of hydrogen-bond donors (Lipinski definition) is 2. The zero-order valence-electron chi connectivity index (χ0n) is 14.8. The highest BCUT2D eigenvalue weighted by Crippen LogP contribution is 2.38. The molecule has 0 bridgehead atoms. The SMILES string of the molecule is O=C(CC1Sc2ccc(Cl)cc2NC1=O)NCC#Cc1cccc(C(F)(F)F)c1. The van der Waals surface area contributed by atoms with Crippen LogP contribution in [0.25, 0.3) is 0 Å². The number of rotatable bonds is 3. The largest absolute Gasteiger partial charge is 0.416 e. The van der Waals surface area contributed by atoms with E-state index >= 15 is 0 Å². The van der Waals surface area contributed by atoms with Gasteiger partial charge in [-0.2, -0.15) is 13.2 Å². The number of anilines is 1. The van der Waals surface area contributed by atoms with Gasteiger partial charge in [-0.05, 0) is 36.4 Å². The fourth-order valence-corrected chi connectivity index (χ4v) is 3.82. The summed E-state index contributed by atoms with van der Waals surface area (Å²) in [4.78, 5) is 25.1. The molecule has 1 aliphatic rings. The van der Waals surface area contributed by atoms with E-state index in [1.807, 2.05) is 0 Å². The van der Waals surface area contributed by atoms with E-state index in [9.17, 15) is 22.8 Å². The molecule has 2 aromatic rings. The van der Waals surface area contributed by atoms with Gasteiger partial charge in [0.15, 0.2) is 0 Å². The summed E-state index contributed by atoms with van der Waals surface area (Å²) >= 11 is 7.17. The number of halogens is 4. The van der Waals surface area contributed by atoms with Crippen LogP contribution in [0.1, 0.15) is 17.5 Å². The average molecular weight is 439 g/mol. The first kappa shape index (κ1) is 21.1. The zero-order valence-corrected chi connectivity index (χ0v) is 16.3. The lowest BCUT2D eigenvalue weighted by Crippen LogP contribution is -2.35. The molecule has 2 amide bonds. The molecular formula is C20H14ClF3N2O2S. The molecule has 1 atom stereocenters. The molecule has 0 spiro atoms. The van der Waals surface area contributed by atoms with Crippen LogP contribution in [0.5, 0.6) is 0 Å². The first-order valence-corrected chi connectivity index (χ1v) is 9.68. The van der Waals surface area contributed by atoms with Crippen molar-refractivity contribution in [1.29, 1.82) is 0 Å². The molecule has 29 heavy (non-hydrogen) atoms. The van der Waals surface area contributed by atoms with Crippen molar-refractivity contribution < 1.29 is 22.8 Å². The number of benzene rings is 2. The number of alkyl halides is 3. The van der Waals surface area contributed by atoms with Gasteiger partial charge in [0.05, 0.1) is 23.0 Å². The fraction of sp³-hybridized carbons (Fsp3) is 0.200. The Kier molecular flexibility index (Phi) is 6.40. The van der Waals surface area contributed by atoms with Crippen LogP contribution in [-0.2, 0) is 15.8 Å². The molecule has 3 rings (SSSR count). The Balaban J connectivity index is 1.53. The Labute approximate surface area is 174 Å². The molecule has 0 saturated heterocycles. The first-order valence-electron chi connectivity index (χ1n) is 8.42. The molecule has 1 aliphatic heterocycles. The summed E-state index contributed by atoms with van der Waals surface area (Å²) < 4.78 is 38.0. The number of fused-ring (bicyclic) bond motifs is 1. The van der Waals surface area contributed by atoms with Crippen LogP contribution in [0.15, 0.2) is 47.4 Å². The summed E-state index contributed by atoms with van der Waals surface area (Å²) in [6.07, 6.45) is -4.49. The summed E-state index contributed by atoms with van der Waals surface area (Å²) in [5.41, 5.74) is 0.0258. The van der Waals surface area contributed by atoms with Gasteiger partial charge in [-0.3, -0.25) is 9.59 Å². The van der Waals surface area contributed by atoms with Crippen LogP contribution in [-0.4, -0.2) is 23.6 Å². The van der Waals surface area contributed by atoms with Gasteiger partial charge in [0, 0.05) is 21.9 Å². The number of carbonyl (C=O) groups is 2. The normalized spacial score (nSPS) is 15.6. The van der Waals surface area contributed by atoms with Crippen LogP contribution in [0, 0.1) is 11.8 Å². The van der Waals surface area contributed by atoms with E-state index in [-0.39, 0.29) is 30.3 Å². The first-order chi connectivity index (χ1) is 13.7. The Morgan fingerprint density at radius 2 is 2.03 bits per heavy atom. The van der Waals surface area contributed by atoms with Gasteiger partial charge >= 0.3 is 6.18 Å². The molecule has 2 N–H and O–H groups in total. The minimum absolute atomic E-state index is 0.0414. The molecule has 1 heterocycles. The Bertz CT molecular complexity index is 1010. The Morgan fingerprint density at radius 1 is 1.24 bits per heavy atom. The zero-order chi connectivity index (χ0) is 21.0. The van der Waals surface area contributed by atoms with Gasteiger partial charge in [-0.25, -0.2) is 0 Å². The maximum Gasteiger partial charge on any atom is 0.416 e. The maximum atomic E-state index is 12.7. The molecular weight excluding hydrogens is 425 g/mol. The van der Waals surface area contributed by atoms with E-state index in [4.69, 9.17) is 11.6 Å². The van der Waals surface area contributed by atoms with Crippen LogP contribution in [0.4, 0.5) is 18.9 Å². The number of amides is 2. The summed E-state index contributed by atoms with van der Waals surface area (Å²) in [5.74, 6) is 4.51. The minimum atomic E-state index is -4.44. The second-order valence-electron chi connectivity index (χ2n) is 6.10. The topological polar surface area (TPSA) is 58.2 Å². The van der Waals surface area contributed by atoms with Crippen LogP contribution < -0.4 is 10.6 Å².